The molecule has 1 N–H and O–H groups in total. The predicted octanol–water partition coefficient (Wildman–Crippen LogP) is 0.495. The third-order valence-electron chi connectivity index (χ3n) is 2.64. The molecule has 1 aliphatic rings. The lowest BCUT2D eigenvalue weighted by Gasteiger charge is -2.36. The van der Waals surface area contributed by atoms with E-state index >= 15 is 0 Å². The van der Waals surface area contributed by atoms with Crippen molar-refractivity contribution in [3.63, 3.8) is 0 Å². The van der Waals surface area contributed by atoms with Gasteiger partial charge in [-0.1, -0.05) is 6.92 Å². The van der Waals surface area contributed by atoms with Crippen LogP contribution in [0.1, 0.15) is 20.3 Å². The van der Waals surface area contributed by atoms with E-state index in [9.17, 15) is 0 Å². The third kappa shape index (κ3) is 4.93. The summed E-state index contributed by atoms with van der Waals surface area (Å²) < 4.78 is 11.0. The Hall–Kier alpha value is -0.160. The zero-order valence-electron chi connectivity index (χ0n) is 9.82. The van der Waals surface area contributed by atoms with E-state index in [2.05, 4.69) is 18.7 Å². The quantitative estimate of drug-likeness (QED) is 0.658. The average molecular weight is 217 g/mol. The Kier molecular flexibility index (Phi) is 6.17. The van der Waals surface area contributed by atoms with Gasteiger partial charge in [-0.05, 0) is 13.3 Å². The maximum absolute atomic E-state index is 8.57. The monoisotopic (exact) mass is 217 g/mol. The fraction of sp³-hybridized carbons (Fsp3) is 1.00. The molecule has 0 bridgehead atoms. The zero-order valence-corrected chi connectivity index (χ0v) is 9.82. The van der Waals surface area contributed by atoms with Crippen molar-refractivity contribution in [1.29, 1.82) is 0 Å². The fourth-order valence-electron chi connectivity index (χ4n) is 1.91. The van der Waals surface area contributed by atoms with Crippen LogP contribution in [0.4, 0.5) is 0 Å². The lowest BCUT2D eigenvalue weighted by Crippen LogP contribution is -2.47. The Bertz CT molecular complexity index is 166. The van der Waals surface area contributed by atoms with Crippen molar-refractivity contribution in [1.82, 2.24) is 4.90 Å². The van der Waals surface area contributed by atoms with Crippen molar-refractivity contribution in [3.8, 4) is 0 Å². The minimum atomic E-state index is 0.108. The van der Waals surface area contributed by atoms with Crippen LogP contribution in [0.5, 0.6) is 0 Å². The van der Waals surface area contributed by atoms with E-state index in [1.807, 2.05) is 0 Å². The minimum absolute atomic E-state index is 0.108. The molecule has 1 aliphatic heterocycles. The topological polar surface area (TPSA) is 41.9 Å². The number of rotatable bonds is 6. The summed E-state index contributed by atoms with van der Waals surface area (Å²) >= 11 is 0. The molecule has 4 heteroatoms. The molecule has 0 radical (unpaired) electrons. The highest BCUT2D eigenvalue weighted by Gasteiger charge is 2.23. The van der Waals surface area contributed by atoms with Crippen LogP contribution in [0.25, 0.3) is 0 Å². The first-order valence-electron chi connectivity index (χ1n) is 5.82. The minimum Gasteiger partial charge on any atom is -0.394 e. The van der Waals surface area contributed by atoms with Gasteiger partial charge in [0.15, 0.2) is 0 Å². The molecule has 1 heterocycles. The summed E-state index contributed by atoms with van der Waals surface area (Å²) in [6.45, 7) is 8.44. The smallest absolute Gasteiger partial charge is 0.0703 e. The van der Waals surface area contributed by atoms with Crippen molar-refractivity contribution < 1.29 is 14.6 Å². The Balaban J connectivity index is 2.16. The Morgan fingerprint density at radius 3 is 2.87 bits per heavy atom. The predicted molar refractivity (Wildman–Crippen MR) is 59.0 cm³/mol. The SMILES string of the molecule is CCC1CN(CCOCCO)CC(C)O1. The summed E-state index contributed by atoms with van der Waals surface area (Å²) in [6, 6.07) is 0. The summed E-state index contributed by atoms with van der Waals surface area (Å²) in [5.74, 6) is 0. The van der Waals surface area contributed by atoms with Gasteiger partial charge in [0, 0.05) is 19.6 Å². The lowest BCUT2D eigenvalue weighted by atomic mass is 10.2. The molecule has 0 aromatic heterocycles. The maximum Gasteiger partial charge on any atom is 0.0703 e. The van der Waals surface area contributed by atoms with Crippen molar-refractivity contribution in [3.05, 3.63) is 0 Å². The van der Waals surface area contributed by atoms with Gasteiger partial charge in [0.1, 0.15) is 0 Å². The Morgan fingerprint density at radius 2 is 2.20 bits per heavy atom. The van der Waals surface area contributed by atoms with Crippen LogP contribution < -0.4 is 0 Å². The van der Waals surface area contributed by atoms with Crippen LogP contribution >= 0.6 is 0 Å². The Morgan fingerprint density at radius 1 is 1.40 bits per heavy atom. The van der Waals surface area contributed by atoms with E-state index in [-0.39, 0.29) is 6.61 Å². The molecule has 0 aliphatic carbocycles. The summed E-state index contributed by atoms with van der Waals surface area (Å²) in [6.07, 6.45) is 1.76. The number of morpholine rings is 1. The van der Waals surface area contributed by atoms with Crippen molar-refractivity contribution in [2.75, 3.05) is 39.5 Å². The highest BCUT2D eigenvalue weighted by Crippen LogP contribution is 2.12. The molecule has 0 spiro atoms. The van der Waals surface area contributed by atoms with Gasteiger partial charge in [-0.25, -0.2) is 0 Å². The van der Waals surface area contributed by atoms with Crippen LogP contribution in [0, 0.1) is 0 Å². The zero-order chi connectivity index (χ0) is 11.1. The van der Waals surface area contributed by atoms with E-state index in [1.165, 1.54) is 0 Å². The van der Waals surface area contributed by atoms with Gasteiger partial charge in [-0.3, -0.25) is 4.90 Å². The number of hydrogen-bond acceptors (Lipinski definition) is 4. The molecule has 2 unspecified atom stereocenters. The standard InChI is InChI=1S/C11H23NO3/c1-3-11-9-12(8-10(2)15-11)4-6-14-7-5-13/h10-11,13H,3-9H2,1-2H3. The molecule has 2 atom stereocenters. The van der Waals surface area contributed by atoms with E-state index in [0.29, 0.717) is 25.4 Å². The molecule has 90 valence electrons. The van der Waals surface area contributed by atoms with E-state index in [0.717, 1.165) is 26.1 Å². The van der Waals surface area contributed by atoms with E-state index < -0.39 is 0 Å². The van der Waals surface area contributed by atoms with E-state index in [4.69, 9.17) is 14.6 Å². The maximum atomic E-state index is 8.57. The molecular weight excluding hydrogens is 194 g/mol. The van der Waals surface area contributed by atoms with Gasteiger partial charge in [-0.2, -0.15) is 0 Å². The summed E-state index contributed by atoms with van der Waals surface area (Å²) in [5.41, 5.74) is 0. The molecule has 0 amide bonds. The van der Waals surface area contributed by atoms with E-state index in [1.54, 1.807) is 0 Å². The third-order valence-corrected chi connectivity index (χ3v) is 2.64. The van der Waals surface area contributed by atoms with Gasteiger partial charge < -0.3 is 14.6 Å². The molecule has 0 aromatic rings. The molecule has 15 heavy (non-hydrogen) atoms. The second-order valence-corrected chi connectivity index (χ2v) is 4.07. The molecule has 1 saturated heterocycles. The highest BCUT2D eigenvalue weighted by atomic mass is 16.5. The summed E-state index contributed by atoms with van der Waals surface area (Å²) in [7, 11) is 0. The second-order valence-electron chi connectivity index (χ2n) is 4.07. The summed E-state index contributed by atoms with van der Waals surface area (Å²) in [4.78, 5) is 2.37. The van der Waals surface area contributed by atoms with Crippen LogP contribution in [0.15, 0.2) is 0 Å². The summed E-state index contributed by atoms with van der Waals surface area (Å²) in [5, 5.41) is 8.57. The normalized spacial score (nSPS) is 28.2. The first-order valence-corrected chi connectivity index (χ1v) is 5.82. The lowest BCUT2D eigenvalue weighted by molar-refractivity contribution is -0.0826. The highest BCUT2D eigenvalue weighted by molar-refractivity contribution is 4.74. The molecule has 1 fully saturated rings. The van der Waals surface area contributed by atoms with Crippen LogP contribution in [0.2, 0.25) is 0 Å². The number of aliphatic hydroxyl groups excluding tert-OH is 1. The van der Waals surface area contributed by atoms with Crippen molar-refractivity contribution in [2.45, 2.75) is 32.5 Å². The van der Waals surface area contributed by atoms with Crippen molar-refractivity contribution in [2.24, 2.45) is 0 Å². The first kappa shape index (κ1) is 12.9. The second kappa shape index (κ2) is 7.17. The van der Waals surface area contributed by atoms with Crippen molar-refractivity contribution >= 4 is 0 Å². The number of hydrogen-bond donors (Lipinski definition) is 1. The molecule has 0 saturated carbocycles. The average Bonchev–Trinajstić information content (AvgIpc) is 2.23. The van der Waals surface area contributed by atoms with Gasteiger partial charge in [0.05, 0.1) is 32.0 Å². The molecule has 4 nitrogen and oxygen atoms in total. The molecular formula is C11H23NO3. The van der Waals surface area contributed by atoms with Gasteiger partial charge in [0.25, 0.3) is 0 Å². The van der Waals surface area contributed by atoms with Gasteiger partial charge in [-0.15, -0.1) is 0 Å². The molecule has 0 aromatic carbocycles. The Labute approximate surface area is 92.2 Å². The molecule has 1 rings (SSSR count). The van der Waals surface area contributed by atoms with Gasteiger partial charge in [0.2, 0.25) is 0 Å². The largest absolute Gasteiger partial charge is 0.394 e. The van der Waals surface area contributed by atoms with Crippen LogP contribution in [-0.4, -0.2) is 61.7 Å². The first-order chi connectivity index (χ1) is 7.26. The van der Waals surface area contributed by atoms with Gasteiger partial charge >= 0.3 is 0 Å². The number of aliphatic hydroxyl groups is 1. The number of nitrogens with zero attached hydrogens (tertiary/aromatic N) is 1. The fourth-order valence-corrected chi connectivity index (χ4v) is 1.91. The number of ether oxygens (including phenoxy) is 2. The van der Waals surface area contributed by atoms with Crippen LogP contribution in [-0.2, 0) is 9.47 Å². The van der Waals surface area contributed by atoms with Crippen LogP contribution in [0.3, 0.4) is 0 Å².